The Balaban J connectivity index is 0.00000254. The molecule has 0 aliphatic rings. The van der Waals surface area contributed by atoms with Crippen molar-refractivity contribution in [3.63, 3.8) is 0 Å². The van der Waals surface area contributed by atoms with Gasteiger partial charge in [0.15, 0.2) is 0 Å². The Morgan fingerprint density at radius 2 is 1.75 bits per heavy atom. The molecule has 0 atom stereocenters. The van der Waals surface area contributed by atoms with Gasteiger partial charge in [0.2, 0.25) is 10.0 Å². The summed E-state index contributed by atoms with van der Waals surface area (Å²) in [6.07, 6.45) is 0. The minimum atomic E-state index is -3.83. The third kappa shape index (κ3) is 6.98. The molecule has 24 heavy (non-hydrogen) atoms. The van der Waals surface area contributed by atoms with Crippen molar-refractivity contribution in [1.29, 1.82) is 0 Å². The van der Waals surface area contributed by atoms with E-state index in [2.05, 4.69) is 9.46 Å². The monoisotopic (exact) mass is 358 g/mol. The van der Waals surface area contributed by atoms with Crippen LogP contribution in [0.15, 0.2) is 23.1 Å². The second-order valence-electron chi connectivity index (χ2n) is 6.42. The van der Waals surface area contributed by atoms with Gasteiger partial charge < -0.3 is 9.64 Å². The quantitative estimate of drug-likeness (QED) is 0.819. The molecule has 1 N–H and O–H groups in total. The van der Waals surface area contributed by atoms with Gasteiger partial charge in [0.1, 0.15) is 0 Å². The fraction of sp³-hybridized carbons (Fsp3) is 0.588. The molecule has 0 unspecified atom stereocenters. The van der Waals surface area contributed by atoms with Crippen LogP contribution in [0.2, 0.25) is 0 Å². The highest BCUT2D eigenvalue weighted by Crippen LogP contribution is 2.21. The van der Waals surface area contributed by atoms with Crippen molar-refractivity contribution in [2.75, 3.05) is 21.2 Å². The van der Waals surface area contributed by atoms with Crippen LogP contribution in [-0.4, -0.2) is 46.0 Å². The molecule has 138 valence electrons. The first-order chi connectivity index (χ1) is 11.0. The van der Waals surface area contributed by atoms with Crippen LogP contribution in [0.5, 0.6) is 0 Å². The van der Waals surface area contributed by atoms with Gasteiger partial charge in [-0.1, -0.05) is 19.9 Å². The number of esters is 1. The molecule has 0 spiro atoms. The molecular weight excluding hydrogens is 328 g/mol. The molecule has 0 heterocycles. The van der Waals surface area contributed by atoms with Crippen molar-refractivity contribution in [2.45, 2.75) is 51.6 Å². The fourth-order valence-electron chi connectivity index (χ4n) is 1.99. The van der Waals surface area contributed by atoms with Crippen LogP contribution in [0.3, 0.4) is 0 Å². The van der Waals surface area contributed by atoms with Gasteiger partial charge in [-0.25, -0.2) is 17.9 Å². The number of carbonyl (C=O) groups excluding carboxylic acids is 1. The SMILES string of the molecule is CC.COC(=O)c1ccc(CN(C)C)cc1S(=O)(=O)NC(C)(C)C. The minimum Gasteiger partial charge on any atom is -0.465 e. The maximum Gasteiger partial charge on any atom is 0.339 e. The molecule has 0 bridgehead atoms. The Labute approximate surface area is 146 Å². The number of methoxy groups -OCH3 is 1. The summed E-state index contributed by atoms with van der Waals surface area (Å²) in [6.45, 7) is 9.80. The summed E-state index contributed by atoms with van der Waals surface area (Å²) < 4.78 is 32.4. The first-order valence-corrected chi connectivity index (χ1v) is 9.34. The van der Waals surface area contributed by atoms with E-state index in [9.17, 15) is 13.2 Å². The van der Waals surface area contributed by atoms with Gasteiger partial charge in [-0.3, -0.25) is 0 Å². The van der Waals surface area contributed by atoms with Gasteiger partial charge in [-0.2, -0.15) is 0 Å². The van der Waals surface area contributed by atoms with E-state index in [1.165, 1.54) is 19.2 Å². The van der Waals surface area contributed by atoms with Gasteiger partial charge in [0, 0.05) is 12.1 Å². The van der Waals surface area contributed by atoms with Crippen LogP contribution < -0.4 is 4.72 Å². The Hall–Kier alpha value is -1.44. The fourth-order valence-corrected chi connectivity index (χ4v) is 3.65. The molecule has 0 aliphatic carbocycles. The van der Waals surface area contributed by atoms with Gasteiger partial charge in [-0.05, 0) is 52.6 Å². The van der Waals surface area contributed by atoms with E-state index in [1.807, 2.05) is 32.8 Å². The molecule has 7 heteroatoms. The number of rotatable bonds is 5. The van der Waals surface area contributed by atoms with Gasteiger partial charge in [0.05, 0.1) is 17.6 Å². The summed E-state index contributed by atoms with van der Waals surface area (Å²) in [4.78, 5) is 13.7. The smallest absolute Gasteiger partial charge is 0.339 e. The van der Waals surface area contributed by atoms with E-state index in [0.29, 0.717) is 6.54 Å². The van der Waals surface area contributed by atoms with Gasteiger partial charge in [-0.15, -0.1) is 0 Å². The van der Waals surface area contributed by atoms with E-state index in [0.717, 1.165) is 5.56 Å². The summed E-state index contributed by atoms with van der Waals surface area (Å²) in [5.41, 5.74) is 0.178. The lowest BCUT2D eigenvalue weighted by Crippen LogP contribution is -2.41. The lowest BCUT2D eigenvalue weighted by molar-refractivity contribution is 0.0596. The van der Waals surface area contributed by atoms with Gasteiger partial charge >= 0.3 is 5.97 Å². The number of carbonyl (C=O) groups is 1. The zero-order chi connectivity index (χ0) is 19.1. The number of hydrogen-bond donors (Lipinski definition) is 1. The third-order valence-electron chi connectivity index (χ3n) is 2.68. The number of ether oxygens (including phenoxy) is 1. The minimum absolute atomic E-state index is 0.0294. The van der Waals surface area contributed by atoms with Crippen LogP contribution in [0.25, 0.3) is 0 Å². The second kappa shape index (κ2) is 9.15. The zero-order valence-corrected chi connectivity index (χ0v) is 16.7. The third-order valence-corrected chi connectivity index (χ3v) is 4.48. The Kier molecular flexibility index (Phi) is 8.60. The van der Waals surface area contributed by atoms with Crippen molar-refractivity contribution in [3.05, 3.63) is 29.3 Å². The molecule has 6 nitrogen and oxygen atoms in total. The normalized spacial score (nSPS) is 11.7. The second-order valence-corrected chi connectivity index (χ2v) is 8.07. The maximum atomic E-state index is 12.6. The zero-order valence-electron chi connectivity index (χ0n) is 15.9. The van der Waals surface area contributed by atoms with Crippen molar-refractivity contribution in [2.24, 2.45) is 0 Å². The van der Waals surface area contributed by atoms with E-state index in [-0.39, 0.29) is 10.5 Å². The average molecular weight is 359 g/mol. The predicted octanol–water partition coefficient (Wildman–Crippen LogP) is 2.64. The molecule has 0 aliphatic heterocycles. The predicted molar refractivity (Wildman–Crippen MR) is 96.6 cm³/mol. The van der Waals surface area contributed by atoms with Crippen molar-refractivity contribution >= 4 is 16.0 Å². The number of benzene rings is 1. The topological polar surface area (TPSA) is 75.7 Å². The highest BCUT2D eigenvalue weighted by molar-refractivity contribution is 7.89. The van der Waals surface area contributed by atoms with Crippen LogP contribution >= 0.6 is 0 Å². The maximum absolute atomic E-state index is 12.6. The van der Waals surface area contributed by atoms with Crippen LogP contribution in [0.4, 0.5) is 0 Å². The van der Waals surface area contributed by atoms with Crippen LogP contribution in [0.1, 0.15) is 50.5 Å². The Morgan fingerprint density at radius 3 is 2.17 bits per heavy atom. The largest absolute Gasteiger partial charge is 0.465 e. The molecule has 0 fully saturated rings. The summed E-state index contributed by atoms with van der Waals surface area (Å²) in [6, 6.07) is 4.73. The molecule has 0 saturated carbocycles. The van der Waals surface area contributed by atoms with Crippen molar-refractivity contribution in [3.8, 4) is 0 Å². The number of nitrogens with zero attached hydrogens (tertiary/aromatic N) is 1. The van der Waals surface area contributed by atoms with Crippen LogP contribution in [-0.2, 0) is 21.3 Å². The number of sulfonamides is 1. The Morgan fingerprint density at radius 1 is 1.21 bits per heavy atom. The highest BCUT2D eigenvalue weighted by Gasteiger charge is 2.27. The van der Waals surface area contributed by atoms with Crippen molar-refractivity contribution in [1.82, 2.24) is 9.62 Å². The number of nitrogens with one attached hydrogen (secondary N) is 1. The summed E-state index contributed by atoms with van der Waals surface area (Å²) in [5, 5.41) is 0. The van der Waals surface area contributed by atoms with Crippen molar-refractivity contribution < 1.29 is 17.9 Å². The molecular formula is C17H30N2O4S. The molecule has 1 rings (SSSR count). The first kappa shape index (κ1) is 22.6. The van der Waals surface area contributed by atoms with Gasteiger partial charge in [0.25, 0.3) is 0 Å². The van der Waals surface area contributed by atoms with E-state index in [4.69, 9.17) is 0 Å². The van der Waals surface area contributed by atoms with Crippen LogP contribution in [0, 0.1) is 0 Å². The van der Waals surface area contributed by atoms with E-state index < -0.39 is 21.5 Å². The van der Waals surface area contributed by atoms with E-state index in [1.54, 1.807) is 26.8 Å². The highest BCUT2D eigenvalue weighted by atomic mass is 32.2. The molecule has 0 aromatic heterocycles. The summed E-state index contributed by atoms with van der Waals surface area (Å²) in [5.74, 6) is -0.675. The standard InChI is InChI=1S/C15H24N2O4S.C2H6/c1-15(2,3)16-22(19,20)13-9-11(10-17(4)5)7-8-12(13)14(18)21-6;1-2/h7-9,16H,10H2,1-6H3;1-2H3. The molecule has 1 aromatic rings. The lowest BCUT2D eigenvalue weighted by Gasteiger charge is -2.22. The van der Waals surface area contributed by atoms with E-state index >= 15 is 0 Å². The number of hydrogen-bond acceptors (Lipinski definition) is 5. The molecule has 0 saturated heterocycles. The molecule has 0 amide bonds. The first-order valence-electron chi connectivity index (χ1n) is 7.86. The summed E-state index contributed by atoms with van der Waals surface area (Å²) in [7, 11) is 1.16. The average Bonchev–Trinajstić information content (AvgIpc) is 2.45. The molecule has 0 radical (unpaired) electrons. The Bertz CT molecular complexity index is 647. The summed E-state index contributed by atoms with van der Waals surface area (Å²) >= 11 is 0. The molecule has 1 aromatic carbocycles. The lowest BCUT2D eigenvalue weighted by atomic mass is 10.1.